The van der Waals surface area contributed by atoms with E-state index in [1.807, 2.05) is 121 Å². The van der Waals surface area contributed by atoms with E-state index in [1.165, 1.54) is 19.4 Å². The molecule has 0 saturated carbocycles. The minimum absolute atomic E-state index is 0.143. The van der Waals surface area contributed by atoms with Gasteiger partial charge in [-0.15, -0.1) is 0 Å². The lowest BCUT2D eigenvalue weighted by Gasteiger charge is -2.37. The summed E-state index contributed by atoms with van der Waals surface area (Å²) in [6, 6.07) is 29.5. The summed E-state index contributed by atoms with van der Waals surface area (Å²) in [7, 11) is 2.84. The average Bonchev–Trinajstić information content (AvgIpc) is 4.09. The van der Waals surface area contributed by atoms with Crippen LogP contribution in [0.25, 0.3) is 0 Å². The molecule has 0 spiro atoms. The van der Waals surface area contributed by atoms with Crippen LogP contribution in [0, 0.1) is 0 Å². The van der Waals surface area contributed by atoms with Gasteiger partial charge in [-0.3, -0.25) is 24.0 Å². The molecule has 81 heavy (non-hydrogen) atoms. The Labute approximate surface area is 471 Å². The summed E-state index contributed by atoms with van der Waals surface area (Å²) in [5.74, 6) is -6.26. The smallest absolute Gasteiger partial charge is 0.408 e. The van der Waals surface area contributed by atoms with Crippen molar-refractivity contribution in [2.24, 2.45) is 7.05 Å². The summed E-state index contributed by atoms with van der Waals surface area (Å²) < 4.78 is 19.3. The normalized spacial score (nSPS) is 13.4. The number of carbonyl (C=O) groups excluding carboxylic acids is 8. The average molecular weight is 1110 g/mol. The minimum atomic E-state index is -1.79. The summed E-state index contributed by atoms with van der Waals surface area (Å²) >= 11 is 0. The quantitative estimate of drug-likeness (QED) is 0.0273. The van der Waals surface area contributed by atoms with Gasteiger partial charge in [-0.25, -0.2) is 24.4 Å². The fourth-order valence-electron chi connectivity index (χ4n) is 8.80. The first-order valence-corrected chi connectivity index (χ1v) is 26.4. The lowest BCUT2D eigenvalue weighted by atomic mass is 9.77. The van der Waals surface area contributed by atoms with E-state index in [1.54, 1.807) is 70.2 Å². The number of carbonyl (C=O) groups is 8. The largest absolute Gasteiger partial charge is 0.467 e. The molecule has 0 saturated heterocycles. The number of benzene rings is 4. The molecule has 2 aromatic heterocycles. The maximum atomic E-state index is 15.3. The molecule has 0 fully saturated rings. The van der Waals surface area contributed by atoms with Gasteiger partial charge in [-0.1, -0.05) is 121 Å². The number of ether oxygens (including phenoxy) is 3. The molecule has 0 aliphatic heterocycles. The Morgan fingerprint density at radius 1 is 0.556 bits per heavy atom. The maximum absolute atomic E-state index is 15.3. The van der Waals surface area contributed by atoms with Crippen LogP contribution in [0.4, 0.5) is 4.79 Å². The van der Waals surface area contributed by atoms with E-state index in [0.29, 0.717) is 34.6 Å². The molecule has 0 radical (unpaired) electrons. The van der Waals surface area contributed by atoms with Crippen molar-refractivity contribution in [3.05, 3.63) is 180 Å². The van der Waals surface area contributed by atoms with Crippen LogP contribution in [0.2, 0.25) is 0 Å². The number of aromatic nitrogens is 4. The maximum Gasteiger partial charge on any atom is 0.408 e. The van der Waals surface area contributed by atoms with E-state index in [9.17, 15) is 28.8 Å². The van der Waals surface area contributed by atoms with Crippen LogP contribution in [-0.4, -0.2) is 115 Å². The van der Waals surface area contributed by atoms with Gasteiger partial charge in [0.1, 0.15) is 47.0 Å². The first-order valence-electron chi connectivity index (χ1n) is 26.4. The molecule has 21 heteroatoms. The molecular weight excluding hydrogens is 1040 g/mol. The second-order valence-corrected chi connectivity index (χ2v) is 21.5. The summed E-state index contributed by atoms with van der Waals surface area (Å²) in [5.41, 5.74) is 0.318. The van der Waals surface area contributed by atoms with Crippen molar-refractivity contribution in [3.8, 4) is 0 Å². The van der Waals surface area contributed by atoms with Crippen molar-refractivity contribution in [2.75, 3.05) is 7.11 Å². The Bertz CT molecular complexity index is 3000. The zero-order valence-corrected chi connectivity index (χ0v) is 47.1. The highest BCUT2D eigenvalue weighted by molar-refractivity contribution is 5.98. The van der Waals surface area contributed by atoms with E-state index >= 15 is 9.59 Å². The number of nitrogens with one attached hydrogen (secondary N) is 6. The number of nitrogens with zero attached hydrogens (tertiary/aromatic N) is 4. The van der Waals surface area contributed by atoms with Crippen LogP contribution < -0.4 is 31.9 Å². The number of alkyl carbamates (subject to hydrolysis) is 1. The predicted molar refractivity (Wildman–Crippen MR) is 299 cm³/mol. The predicted octanol–water partition coefficient (Wildman–Crippen LogP) is 4.71. The first-order chi connectivity index (χ1) is 38.4. The van der Waals surface area contributed by atoms with Crippen LogP contribution in [0.3, 0.4) is 0 Å². The summed E-state index contributed by atoms with van der Waals surface area (Å²) in [4.78, 5) is 122. The number of aryl methyl sites for hydroxylation is 1. The summed E-state index contributed by atoms with van der Waals surface area (Å²) in [5, 5.41) is 16.3. The van der Waals surface area contributed by atoms with E-state index in [-0.39, 0.29) is 12.8 Å². The van der Waals surface area contributed by atoms with Crippen LogP contribution in [0.1, 0.15) is 94.9 Å². The summed E-state index contributed by atoms with van der Waals surface area (Å²) in [6.45, 7) is 11.5. The Kier molecular flexibility index (Phi) is 20.8. The van der Waals surface area contributed by atoms with Crippen LogP contribution >= 0.6 is 0 Å². The molecule has 0 aliphatic rings. The minimum Gasteiger partial charge on any atom is -0.467 e. The number of imidazole rings is 2. The van der Waals surface area contributed by atoms with Gasteiger partial charge < -0.3 is 55.2 Å². The van der Waals surface area contributed by atoms with Gasteiger partial charge in [-0.05, 0) is 70.7 Å². The topological polar surface area (TPSA) is 272 Å². The van der Waals surface area contributed by atoms with E-state index in [2.05, 4.69) is 41.9 Å². The highest BCUT2D eigenvalue weighted by Crippen LogP contribution is 2.37. The van der Waals surface area contributed by atoms with E-state index in [4.69, 9.17) is 14.2 Å². The third kappa shape index (κ3) is 17.9. The monoisotopic (exact) mass is 1110 g/mol. The zero-order valence-electron chi connectivity index (χ0n) is 47.1. The van der Waals surface area contributed by atoms with Gasteiger partial charge in [-0.2, -0.15) is 0 Å². The van der Waals surface area contributed by atoms with Crippen molar-refractivity contribution in [3.63, 3.8) is 0 Å². The second-order valence-electron chi connectivity index (χ2n) is 21.5. The molecule has 21 nitrogen and oxygen atoms in total. The molecule has 4 aromatic carbocycles. The fourth-order valence-corrected chi connectivity index (χ4v) is 8.80. The zero-order chi connectivity index (χ0) is 58.9. The SMILES string of the molecule is COC(=O)[C@H](C)NC(=O)C[C@H](NC(=O)[C@H](Cc1cn(Cc2ccccc2)cn1)NC(=O)[C@H](CC(=O)NC(c1ccccc1)(c1ccccc1)c1ccccc1)NC(=O)[C@H](Cc1cncn1C)NC(=O)OC(C)(C)C)C(=O)OC(C)(C)C. The number of rotatable bonds is 24. The van der Waals surface area contributed by atoms with Crippen molar-refractivity contribution in [1.82, 2.24) is 51.0 Å². The molecule has 0 bridgehead atoms. The third-order valence-corrected chi connectivity index (χ3v) is 12.6. The summed E-state index contributed by atoms with van der Waals surface area (Å²) in [6.07, 6.45) is 3.37. The molecular formula is C60H72N10O11. The highest BCUT2D eigenvalue weighted by Gasteiger charge is 2.41. The number of hydrogen-bond acceptors (Lipinski definition) is 13. The van der Waals surface area contributed by atoms with Crippen LogP contribution in [0.15, 0.2) is 146 Å². The van der Waals surface area contributed by atoms with Gasteiger partial charge in [0, 0.05) is 44.5 Å². The fraction of sp³-hybridized carbons (Fsp3) is 0.367. The second kappa shape index (κ2) is 27.6. The van der Waals surface area contributed by atoms with Crippen molar-refractivity contribution >= 4 is 47.6 Å². The molecule has 5 atom stereocenters. The highest BCUT2D eigenvalue weighted by atomic mass is 16.6. The van der Waals surface area contributed by atoms with Crippen LogP contribution in [-0.2, 0) is 79.7 Å². The molecule has 6 rings (SSSR count). The molecule has 2 heterocycles. The Morgan fingerprint density at radius 3 is 1.54 bits per heavy atom. The number of amides is 6. The first kappa shape index (κ1) is 61.1. The Balaban J connectivity index is 1.42. The standard InChI is InChI=1S/C60H72N10O11/c1-39(55(76)79-9)63-50(71)33-49(56(77)80-58(2,3)4)66-52(73)46(30-44-36-70(38-62-44)35-40-22-14-10-15-23-40)64-54(75)48(65-53(74)47(31-45-34-61-37-69(45)8)67-57(78)81-59(5,6)7)32-51(72)68-60(41-24-16-11-17-25-41,42-26-18-12-19-27-42)43-28-20-13-21-29-43/h10-29,34,36-39,46-49H,30-33,35H2,1-9H3,(H,63,71)(H,64,75)(H,65,74)(H,66,73)(H,67,78)(H,68,72)/t39-,46-,47-,48-,49-/m0/s1. The third-order valence-electron chi connectivity index (χ3n) is 12.6. The Morgan fingerprint density at radius 2 is 1.04 bits per heavy atom. The van der Waals surface area contributed by atoms with E-state index < -0.39 is 107 Å². The number of hydrogen-bond donors (Lipinski definition) is 6. The lowest BCUT2D eigenvalue weighted by molar-refractivity contribution is -0.160. The van der Waals surface area contributed by atoms with Gasteiger partial charge in [0.25, 0.3) is 0 Å². The molecule has 6 N–H and O–H groups in total. The molecule has 428 valence electrons. The van der Waals surface area contributed by atoms with E-state index in [0.717, 1.165) is 12.7 Å². The van der Waals surface area contributed by atoms with Gasteiger partial charge in [0.15, 0.2) is 0 Å². The molecule has 0 unspecified atom stereocenters. The molecule has 0 aliphatic carbocycles. The van der Waals surface area contributed by atoms with Gasteiger partial charge in [0.05, 0.1) is 38.3 Å². The Hall–Kier alpha value is -9.14. The van der Waals surface area contributed by atoms with Crippen molar-refractivity contribution in [1.29, 1.82) is 0 Å². The van der Waals surface area contributed by atoms with Crippen molar-refractivity contribution < 1.29 is 52.6 Å². The van der Waals surface area contributed by atoms with Crippen LogP contribution in [0.5, 0.6) is 0 Å². The van der Waals surface area contributed by atoms with Crippen molar-refractivity contribution in [2.45, 2.75) is 128 Å². The molecule has 6 aromatic rings. The number of methoxy groups -OCH3 is 1. The number of esters is 2. The van der Waals surface area contributed by atoms with Gasteiger partial charge >= 0.3 is 18.0 Å². The van der Waals surface area contributed by atoms with Gasteiger partial charge in [0.2, 0.25) is 29.5 Å². The molecule has 6 amide bonds. The lowest BCUT2D eigenvalue weighted by Crippen LogP contribution is -2.60.